The van der Waals surface area contributed by atoms with E-state index in [1.807, 2.05) is 0 Å². The van der Waals surface area contributed by atoms with Gasteiger partial charge in [0, 0.05) is 0 Å². The maximum atomic E-state index is 9.60. The summed E-state index contributed by atoms with van der Waals surface area (Å²) >= 11 is 0. The van der Waals surface area contributed by atoms with E-state index in [1.165, 1.54) is 6.40 Å². The number of hydrogen-bond acceptors (Lipinski definition) is 4. The second-order valence-corrected chi connectivity index (χ2v) is 1.63. The molecule has 64 valence electrons. The van der Waals surface area contributed by atoms with Crippen LogP contribution < -0.4 is 5.73 Å². The molecule has 0 unspecified atom stereocenters. The molecule has 0 aliphatic carbocycles. The molecule has 1 aliphatic heterocycles. The molecule has 0 aromatic carbocycles. The van der Waals surface area contributed by atoms with E-state index in [2.05, 4.69) is 20.2 Å². The minimum absolute atomic E-state index is 0.356. The molecule has 5 nitrogen and oxygen atoms in total. The Morgan fingerprint density at radius 2 is 2.64 bits per heavy atom. The summed E-state index contributed by atoms with van der Waals surface area (Å²) in [6, 6.07) is 0. The number of nitrogens with zero attached hydrogens (tertiary/aromatic N) is 1. The minimum Gasteiger partial charge on any atom is -0.482 e. The molecule has 2 N–H and O–H groups in total. The van der Waals surface area contributed by atoms with E-state index in [9.17, 15) is 4.79 Å². The highest BCUT2D eigenvalue weighted by molar-refractivity contribution is 5.64. The first-order chi connectivity index (χ1) is 5.27. The fraction of sp³-hybridized carbons (Fsp3) is 0.667. The van der Waals surface area contributed by atoms with Gasteiger partial charge in [-0.25, -0.2) is 4.79 Å². The number of aliphatic imine (C=N–C) groups is 1. The summed E-state index contributed by atoms with van der Waals surface area (Å²) in [6.07, 6.45) is 0.775. The first kappa shape index (κ1) is 9.74. The molecule has 0 radical (unpaired) electrons. The summed E-state index contributed by atoms with van der Waals surface area (Å²) in [7, 11) is 0. The zero-order valence-corrected chi connectivity index (χ0v) is 6.45. The topological polar surface area (TPSA) is 73.9 Å². The van der Waals surface area contributed by atoms with Gasteiger partial charge in [0.1, 0.15) is 6.61 Å². The molecule has 0 aromatic heterocycles. The fourth-order valence-electron chi connectivity index (χ4n) is 0.406. The molecular formula is C6H12N2O3. The lowest BCUT2D eigenvalue weighted by molar-refractivity contribution is 0.163. The fourth-order valence-corrected chi connectivity index (χ4v) is 0.406. The van der Waals surface area contributed by atoms with Gasteiger partial charge in [-0.2, -0.15) is 0 Å². The second kappa shape index (κ2) is 6.85. The third-order valence-electron chi connectivity index (χ3n) is 0.774. The van der Waals surface area contributed by atoms with Crippen molar-refractivity contribution in [3.8, 4) is 0 Å². The molecule has 0 aromatic rings. The van der Waals surface area contributed by atoms with Crippen molar-refractivity contribution in [3.63, 3.8) is 0 Å². The molecule has 1 rings (SSSR count). The maximum absolute atomic E-state index is 9.60. The third kappa shape index (κ3) is 8.74. The summed E-state index contributed by atoms with van der Waals surface area (Å²) < 4.78 is 8.83. The molecule has 1 aliphatic rings. The molecule has 1 amide bonds. The molecule has 1 heterocycles. The Labute approximate surface area is 65.2 Å². The Bertz CT molecular complexity index is 130. The van der Waals surface area contributed by atoms with E-state index in [0.717, 1.165) is 13.2 Å². The summed E-state index contributed by atoms with van der Waals surface area (Å²) in [4.78, 5) is 13.3. The number of primary amides is 1. The highest BCUT2D eigenvalue weighted by atomic mass is 16.5. The molecule has 0 spiro atoms. The number of nitrogens with two attached hydrogens (primary N) is 1. The van der Waals surface area contributed by atoms with Crippen molar-refractivity contribution in [2.24, 2.45) is 10.7 Å². The number of carbonyl (C=O) groups is 1. The van der Waals surface area contributed by atoms with Crippen LogP contribution in [0.3, 0.4) is 0 Å². The lowest BCUT2D eigenvalue weighted by Crippen LogP contribution is -2.11. The highest BCUT2D eigenvalue weighted by Gasteiger charge is 1.84. The summed E-state index contributed by atoms with van der Waals surface area (Å²) in [5.74, 6) is 0. The lowest BCUT2D eigenvalue weighted by atomic mass is 10.8. The minimum atomic E-state index is -0.711. The Hall–Kier alpha value is -1.26. The van der Waals surface area contributed by atoms with Crippen molar-refractivity contribution < 1.29 is 14.3 Å². The van der Waals surface area contributed by atoms with Gasteiger partial charge in [0.25, 0.3) is 0 Å². The highest BCUT2D eigenvalue weighted by Crippen LogP contribution is 1.78. The average molecular weight is 160 g/mol. The van der Waals surface area contributed by atoms with E-state index in [1.54, 1.807) is 6.92 Å². The first-order valence-electron chi connectivity index (χ1n) is 3.29. The standard InChI is InChI=1S/C3H7NO2.C3H5NO/c1-2-6-3(4)5;1-2-5-3-4-1/h2H2,1H3,(H2,4,5);3H,1-2H2. The molecule has 0 saturated carbocycles. The Morgan fingerprint density at radius 1 is 1.91 bits per heavy atom. The van der Waals surface area contributed by atoms with E-state index in [0.29, 0.717) is 6.61 Å². The van der Waals surface area contributed by atoms with Crippen LogP contribution in [0, 0.1) is 0 Å². The predicted octanol–water partition coefficient (Wildman–Crippen LogP) is 0.147. The number of rotatable bonds is 1. The second-order valence-electron chi connectivity index (χ2n) is 1.63. The van der Waals surface area contributed by atoms with E-state index in [4.69, 9.17) is 0 Å². The van der Waals surface area contributed by atoms with Crippen LogP contribution in [-0.2, 0) is 9.47 Å². The Kier molecular flexibility index (Phi) is 6.07. The predicted molar refractivity (Wildman–Crippen MR) is 40.5 cm³/mol. The summed E-state index contributed by atoms with van der Waals surface area (Å²) in [5, 5.41) is 0. The van der Waals surface area contributed by atoms with E-state index < -0.39 is 6.09 Å². The third-order valence-corrected chi connectivity index (χ3v) is 0.774. The van der Waals surface area contributed by atoms with Crippen molar-refractivity contribution >= 4 is 12.5 Å². The molecule has 0 fully saturated rings. The van der Waals surface area contributed by atoms with E-state index in [-0.39, 0.29) is 0 Å². The summed E-state index contributed by atoms with van der Waals surface area (Å²) in [6.45, 7) is 3.68. The molecular weight excluding hydrogens is 148 g/mol. The van der Waals surface area contributed by atoms with Gasteiger partial charge in [0.2, 0.25) is 0 Å². The lowest BCUT2D eigenvalue weighted by Gasteiger charge is -1.89. The van der Waals surface area contributed by atoms with Crippen molar-refractivity contribution in [1.29, 1.82) is 0 Å². The van der Waals surface area contributed by atoms with Crippen molar-refractivity contribution in [3.05, 3.63) is 0 Å². The van der Waals surface area contributed by atoms with Gasteiger partial charge in [-0.15, -0.1) is 0 Å². The van der Waals surface area contributed by atoms with Crippen LogP contribution in [0.25, 0.3) is 0 Å². The first-order valence-corrected chi connectivity index (χ1v) is 3.29. The van der Waals surface area contributed by atoms with Crippen molar-refractivity contribution in [2.75, 3.05) is 19.8 Å². The van der Waals surface area contributed by atoms with Crippen LogP contribution in [0.5, 0.6) is 0 Å². The zero-order chi connectivity index (χ0) is 8.53. The maximum Gasteiger partial charge on any atom is 0.404 e. The van der Waals surface area contributed by atoms with Crippen LogP contribution >= 0.6 is 0 Å². The average Bonchev–Trinajstić information content (AvgIpc) is 2.41. The number of amides is 1. The number of hydrogen-bond donors (Lipinski definition) is 1. The van der Waals surface area contributed by atoms with Gasteiger partial charge in [0.05, 0.1) is 13.2 Å². The van der Waals surface area contributed by atoms with Crippen molar-refractivity contribution in [1.82, 2.24) is 0 Å². The summed E-state index contributed by atoms with van der Waals surface area (Å²) in [5.41, 5.74) is 4.54. The van der Waals surface area contributed by atoms with Crippen molar-refractivity contribution in [2.45, 2.75) is 6.92 Å². The molecule has 0 saturated heterocycles. The number of carbonyl (C=O) groups excluding carboxylic acids is 1. The Balaban J connectivity index is 0.000000183. The smallest absolute Gasteiger partial charge is 0.404 e. The molecule has 11 heavy (non-hydrogen) atoms. The monoisotopic (exact) mass is 160 g/mol. The zero-order valence-electron chi connectivity index (χ0n) is 6.45. The van der Waals surface area contributed by atoms with Gasteiger partial charge in [-0.05, 0) is 6.92 Å². The van der Waals surface area contributed by atoms with E-state index >= 15 is 0 Å². The van der Waals surface area contributed by atoms with Crippen LogP contribution in [0.15, 0.2) is 4.99 Å². The van der Waals surface area contributed by atoms with Crippen LogP contribution in [-0.4, -0.2) is 32.3 Å². The SMILES string of the molecule is C1=NCCO1.CCOC(N)=O. The van der Waals surface area contributed by atoms with Gasteiger partial charge in [0.15, 0.2) is 6.40 Å². The largest absolute Gasteiger partial charge is 0.482 e. The molecule has 0 atom stereocenters. The van der Waals surface area contributed by atoms with Gasteiger partial charge >= 0.3 is 6.09 Å². The van der Waals surface area contributed by atoms with Gasteiger partial charge < -0.3 is 15.2 Å². The number of ether oxygens (including phenoxy) is 2. The van der Waals surface area contributed by atoms with Gasteiger partial charge in [-0.1, -0.05) is 0 Å². The Morgan fingerprint density at radius 3 is 2.73 bits per heavy atom. The van der Waals surface area contributed by atoms with Crippen LogP contribution in [0.2, 0.25) is 0 Å². The normalized spacial score (nSPS) is 12.8. The van der Waals surface area contributed by atoms with Gasteiger partial charge in [-0.3, -0.25) is 4.99 Å². The molecule has 0 bridgehead atoms. The quantitative estimate of drug-likeness (QED) is 0.593. The van der Waals surface area contributed by atoms with Crippen LogP contribution in [0.1, 0.15) is 6.92 Å². The van der Waals surface area contributed by atoms with Crippen LogP contribution in [0.4, 0.5) is 4.79 Å². The molecule has 5 heteroatoms.